The number of fused-ring (bicyclic) bond motifs is 1. The van der Waals surface area contributed by atoms with Gasteiger partial charge in [-0.2, -0.15) is 8.78 Å². The highest BCUT2D eigenvalue weighted by Crippen LogP contribution is 2.59. The molecular weight excluding hydrogens is 445 g/mol. The van der Waals surface area contributed by atoms with E-state index in [0.717, 1.165) is 12.3 Å². The summed E-state index contributed by atoms with van der Waals surface area (Å²) in [6.07, 6.45) is -4.79. The number of halogens is 2. The molecular formula is C17H23F2N2O9P. The summed E-state index contributed by atoms with van der Waals surface area (Å²) < 4.78 is 68.3. The molecule has 1 N–H and O–H groups in total. The second-order valence-corrected chi connectivity index (χ2v) is 9.12. The summed E-state index contributed by atoms with van der Waals surface area (Å²) in [5.74, 6) is -4.85. The fourth-order valence-corrected chi connectivity index (χ4v) is 4.46. The Labute approximate surface area is 175 Å². The van der Waals surface area contributed by atoms with Crippen LogP contribution in [0, 0.1) is 5.92 Å². The van der Waals surface area contributed by atoms with Crippen LogP contribution in [0.25, 0.3) is 0 Å². The zero-order chi connectivity index (χ0) is 23.0. The lowest BCUT2D eigenvalue weighted by Crippen LogP contribution is -2.45. The third-order valence-corrected chi connectivity index (χ3v) is 6.10. The first kappa shape index (κ1) is 23.7. The first-order valence-electron chi connectivity index (χ1n) is 9.55. The number of aromatic nitrogens is 2. The average molecular weight is 468 g/mol. The van der Waals surface area contributed by atoms with Crippen molar-refractivity contribution < 1.29 is 41.2 Å². The minimum atomic E-state index is -4.37. The van der Waals surface area contributed by atoms with E-state index in [2.05, 4.69) is 0 Å². The molecule has 0 saturated carbocycles. The van der Waals surface area contributed by atoms with E-state index in [1.807, 2.05) is 4.98 Å². The minimum Gasteiger partial charge on any atom is -0.463 e. The molecule has 2 aliphatic rings. The number of phosphoric acid groups is 1. The quantitative estimate of drug-likeness (QED) is 0.467. The molecule has 31 heavy (non-hydrogen) atoms. The fourth-order valence-electron chi connectivity index (χ4n) is 3.05. The molecule has 14 heteroatoms. The molecule has 11 nitrogen and oxygen atoms in total. The standard InChI is InChI=1S/C17H23F2N2O9P/c1-9(2)28-14(23)10(3)5-7-26-31(25)27-8-11-13(30-31)17(18,19)15(29-11)21-6-4-12(22)20-16(21)24/h4,6,9-11,13,15H,5,7-8H2,1-3H3,(H,20,22,24)/t10-,11+,13+,15+,31?/m0/s1. The van der Waals surface area contributed by atoms with E-state index in [4.69, 9.17) is 23.0 Å². The number of ether oxygens (including phenoxy) is 2. The summed E-state index contributed by atoms with van der Waals surface area (Å²) in [5.41, 5.74) is -1.86. The van der Waals surface area contributed by atoms with E-state index >= 15 is 0 Å². The number of nitrogens with zero attached hydrogens (tertiary/aromatic N) is 1. The number of nitrogens with one attached hydrogen (secondary N) is 1. The maximum Gasteiger partial charge on any atom is 0.475 e. The third kappa shape index (κ3) is 5.12. The van der Waals surface area contributed by atoms with Gasteiger partial charge in [0.1, 0.15) is 6.10 Å². The summed E-state index contributed by atoms with van der Waals surface area (Å²) in [5, 5.41) is 0. The molecule has 0 aromatic carbocycles. The fraction of sp³-hybridized carbons (Fsp3) is 0.706. The lowest BCUT2D eigenvalue weighted by atomic mass is 10.1. The van der Waals surface area contributed by atoms with Crippen LogP contribution in [-0.2, 0) is 32.4 Å². The van der Waals surface area contributed by atoms with Crippen LogP contribution < -0.4 is 11.2 Å². The molecule has 0 aliphatic carbocycles. The lowest BCUT2D eigenvalue weighted by molar-refractivity contribution is -0.152. The van der Waals surface area contributed by atoms with Crippen molar-refractivity contribution in [3.63, 3.8) is 0 Å². The van der Waals surface area contributed by atoms with Gasteiger partial charge in [-0.3, -0.25) is 32.7 Å². The van der Waals surface area contributed by atoms with Crippen LogP contribution in [0.2, 0.25) is 0 Å². The Bertz CT molecular complexity index is 979. The first-order valence-corrected chi connectivity index (χ1v) is 11.0. The Morgan fingerprint density at radius 2 is 2.10 bits per heavy atom. The van der Waals surface area contributed by atoms with Crippen LogP contribution in [0.4, 0.5) is 8.78 Å². The van der Waals surface area contributed by atoms with E-state index in [0.29, 0.717) is 4.57 Å². The van der Waals surface area contributed by atoms with Crippen molar-refractivity contribution in [1.29, 1.82) is 0 Å². The third-order valence-electron chi connectivity index (χ3n) is 4.65. The number of carbonyl (C=O) groups is 1. The number of H-pyrrole nitrogens is 1. The number of hydrogen-bond acceptors (Lipinski definition) is 9. The van der Waals surface area contributed by atoms with Crippen LogP contribution in [0.1, 0.15) is 33.4 Å². The van der Waals surface area contributed by atoms with Gasteiger partial charge in [-0.25, -0.2) is 9.36 Å². The highest BCUT2D eigenvalue weighted by atomic mass is 31.2. The molecule has 5 atom stereocenters. The van der Waals surface area contributed by atoms with Gasteiger partial charge in [-0.15, -0.1) is 0 Å². The van der Waals surface area contributed by atoms with Crippen LogP contribution in [0.15, 0.2) is 21.9 Å². The van der Waals surface area contributed by atoms with Crippen molar-refractivity contribution in [2.45, 2.75) is 57.7 Å². The molecule has 1 aromatic rings. The van der Waals surface area contributed by atoms with Crippen molar-refractivity contribution in [1.82, 2.24) is 9.55 Å². The number of carbonyl (C=O) groups excluding carboxylic acids is 1. The summed E-state index contributed by atoms with van der Waals surface area (Å²) >= 11 is 0. The number of aromatic amines is 1. The molecule has 0 bridgehead atoms. The van der Waals surface area contributed by atoms with Gasteiger partial charge in [0.05, 0.1) is 25.2 Å². The molecule has 2 aliphatic heterocycles. The number of hydrogen-bond donors (Lipinski definition) is 1. The summed E-state index contributed by atoms with van der Waals surface area (Å²) in [6.45, 7) is 4.17. The van der Waals surface area contributed by atoms with E-state index < -0.39 is 61.9 Å². The highest BCUT2D eigenvalue weighted by molar-refractivity contribution is 7.48. The predicted octanol–water partition coefficient (Wildman–Crippen LogP) is 1.59. The zero-order valence-corrected chi connectivity index (χ0v) is 17.9. The molecule has 1 unspecified atom stereocenters. The van der Waals surface area contributed by atoms with Gasteiger partial charge in [-0.1, -0.05) is 6.92 Å². The Hall–Kier alpha value is -1.92. The van der Waals surface area contributed by atoms with Crippen molar-refractivity contribution in [3.8, 4) is 0 Å². The molecule has 3 rings (SSSR count). The molecule has 0 amide bonds. The smallest absolute Gasteiger partial charge is 0.463 e. The second kappa shape index (κ2) is 8.91. The molecule has 174 valence electrons. The largest absolute Gasteiger partial charge is 0.475 e. The van der Waals surface area contributed by atoms with Crippen molar-refractivity contribution in [3.05, 3.63) is 33.1 Å². The van der Waals surface area contributed by atoms with Gasteiger partial charge in [-0.05, 0) is 20.3 Å². The van der Waals surface area contributed by atoms with Gasteiger partial charge in [0.25, 0.3) is 5.56 Å². The zero-order valence-electron chi connectivity index (χ0n) is 17.0. The number of alkyl halides is 2. The van der Waals surface area contributed by atoms with Crippen LogP contribution in [-0.4, -0.2) is 53.0 Å². The van der Waals surface area contributed by atoms with E-state index in [9.17, 15) is 27.7 Å². The summed E-state index contributed by atoms with van der Waals surface area (Å²) in [6, 6.07) is 0.889. The van der Waals surface area contributed by atoms with Gasteiger partial charge in [0.15, 0.2) is 6.10 Å². The van der Waals surface area contributed by atoms with E-state index in [1.165, 1.54) is 0 Å². The SMILES string of the molecule is CC(C)OC(=O)[C@@H](C)CCOP1(=O)OC[C@H]2O[C@@H](n3ccc(=O)[nH]c3=O)C(F)(F)[C@@H]2O1. The van der Waals surface area contributed by atoms with E-state index in [1.54, 1.807) is 20.8 Å². The summed E-state index contributed by atoms with van der Waals surface area (Å²) in [4.78, 5) is 36.7. The number of rotatable bonds is 7. The van der Waals surface area contributed by atoms with Gasteiger partial charge in [0.2, 0.25) is 6.23 Å². The number of phosphoric ester groups is 1. The maximum atomic E-state index is 14.9. The molecule has 2 fully saturated rings. The Morgan fingerprint density at radius 3 is 2.74 bits per heavy atom. The summed E-state index contributed by atoms with van der Waals surface area (Å²) in [7, 11) is -4.37. The van der Waals surface area contributed by atoms with E-state index in [-0.39, 0.29) is 19.1 Å². The van der Waals surface area contributed by atoms with Crippen LogP contribution in [0.5, 0.6) is 0 Å². The van der Waals surface area contributed by atoms with Crippen molar-refractivity contribution in [2.75, 3.05) is 13.2 Å². The lowest BCUT2D eigenvalue weighted by Gasteiger charge is -2.31. The first-order chi connectivity index (χ1) is 14.4. The average Bonchev–Trinajstić information content (AvgIpc) is 2.91. The Balaban J connectivity index is 1.65. The Morgan fingerprint density at radius 1 is 1.39 bits per heavy atom. The molecule has 1 aromatic heterocycles. The highest BCUT2D eigenvalue weighted by Gasteiger charge is 2.65. The molecule has 2 saturated heterocycles. The van der Waals surface area contributed by atoms with Crippen molar-refractivity contribution >= 4 is 13.8 Å². The normalized spacial score (nSPS) is 30.7. The van der Waals surface area contributed by atoms with Crippen LogP contribution >= 0.6 is 7.82 Å². The number of esters is 1. The van der Waals surface area contributed by atoms with Crippen molar-refractivity contribution in [2.24, 2.45) is 5.92 Å². The van der Waals surface area contributed by atoms with Gasteiger partial charge >= 0.3 is 25.4 Å². The maximum absolute atomic E-state index is 14.9. The minimum absolute atomic E-state index is 0.0959. The topological polar surface area (TPSA) is 135 Å². The molecule has 0 radical (unpaired) electrons. The molecule has 3 heterocycles. The van der Waals surface area contributed by atoms with Gasteiger partial charge < -0.3 is 9.47 Å². The van der Waals surface area contributed by atoms with Crippen LogP contribution in [0.3, 0.4) is 0 Å². The monoisotopic (exact) mass is 468 g/mol. The second-order valence-electron chi connectivity index (χ2n) is 7.50. The Kier molecular flexibility index (Phi) is 6.82. The molecule has 0 spiro atoms. The van der Waals surface area contributed by atoms with Gasteiger partial charge in [0, 0.05) is 12.3 Å². The predicted molar refractivity (Wildman–Crippen MR) is 99.6 cm³/mol.